The van der Waals surface area contributed by atoms with E-state index in [2.05, 4.69) is 11.4 Å². The summed E-state index contributed by atoms with van der Waals surface area (Å²) in [4.78, 5) is 0. The molecule has 0 unspecified atom stereocenters. The summed E-state index contributed by atoms with van der Waals surface area (Å²) in [6, 6.07) is 14.1. The van der Waals surface area contributed by atoms with Crippen molar-refractivity contribution in [1.82, 2.24) is 0 Å². The van der Waals surface area contributed by atoms with Gasteiger partial charge in [-0.3, -0.25) is 0 Å². The first kappa shape index (κ1) is 13.9. The monoisotopic (exact) mass is 280 g/mol. The Morgan fingerprint density at radius 1 is 1.10 bits per heavy atom. The highest BCUT2D eigenvalue weighted by molar-refractivity contribution is 5.97. The van der Waals surface area contributed by atoms with Crippen LogP contribution in [0.3, 0.4) is 0 Å². The lowest BCUT2D eigenvalue weighted by Crippen LogP contribution is -2.30. The Bertz CT molecular complexity index is 681. The minimum absolute atomic E-state index is 0.0228. The number of aliphatic hydroxyl groups is 1. The Kier molecular flexibility index (Phi) is 3.81. The van der Waals surface area contributed by atoms with Crippen LogP contribution in [0.5, 0.6) is 0 Å². The number of nitrogens with zero attached hydrogens (tertiary/aromatic N) is 1. The molecule has 0 aromatic heterocycles. The van der Waals surface area contributed by atoms with Crippen molar-refractivity contribution >= 4 is 16.5 Å². The summed E-state index contributed by atoms with van der Waals surface area (Å²) in [5.41, 5.74) is 1.77. The third kappa shape index (κ3) is 2.59. The highest BCUT2D eigenvalue weighted by Gasteiger charge is 2.32. The fraction of sp³-hybridized carbons (Fsp3) is 0.389. The molecule has 1 aliphatic rings. The third-order valence-electron chi connectivity index (χ3n) is 4.70. The molecule has 0 bridgehead atoms. The number of fused-ring (bicyclic) bond motifs is 1. The fourth-order valence-electron chi connectivity index (χ4n) is 3.35. The number of nitriles is 1. The Balaban J connectivity index is 1.90. The lowest BCUT2D eigenvalue weighted by molar-refractivity contribution is 0.142. The molecule has 1 fully saturated rings. The van der Waals surface area contributed by atoms with Crippen LogP contribution in [-0.2, 0) is 0 Å². The Morgan fingerprint density at radius 2 is 1.81 bits per heavy atom. The molecule has 0 atom stereocenters. The zero-order valence-corrected chi connectivity index (χ0v) is 12.1. The molecule has 0 spiro atoms. The zero-order valence-electron chi connectivity index (χ0n) is 12.1. The molecule has 1 aliphatic carbocycles. The number of aliphatic hydroxyl groups excluding tert-OH is 1. The molecule has 3 rings (SSSR count). The molecular weight excluding hydrogens is 260 g/mol. The predicted octanol–water partition coefficient (Wildman–Crippen LogP) is 3.68. The van der Waals surface area contributed by atoms with Crippen LogP contribution in [0.25, 0.3) is 10.8 Å². The van der Waals surface area contributed by atoms with Crippen molar-refractivity contribution in [1.29, 1.82) is 5.26 Å². The number of rotatable bonds is 4. The largest absolute Gasteiger partial charge is 0.396 e. The zero-order chi connectivity index (χ0) is 14.7. The average Bonchev–Trinajstić information content (AvgIpc) is 3.02. The Hall–Kier alpha value is -2.05. The van der Waals surface area contributed by atoms with Crippen LogP contribution in [0.2, 0.25) is 0 Å². The van der Waals surface area contributed by atoms with Crippen LogP contribution in [0.4, 0.5) is 5.69 Å². The molecule has 0 saturated heterocycles. The average molecular weight is 280 g/mol. The van der Waals surface area contributed by atoms with Crippen LogP contribution < -0.4 is 5.32 Å². The van der Waals surface area contributed by atoms with Gasteiger partial charge in [-0.05, 0) is 25.0 Å². The molecule has 21 heavy (non-hydrogen) atoms. The molecule has 2 aromatic carbocycles. The highest BCUT2D eigenvalue weighted by atomic mass is 16.3. The van der Waals surface area contributed by atoms with Gasteiger partial charge in [0.15, 0.2) is 0 Å². The van der Waals surface area contributed by atoms with Crippen LogP contribution in [-0.4, -0.2) is 18.3 Å². The third-order valence-corrected chi connectivity index (χ3v) is 4.70. The molecule has 0 radical (unpaired) electrons. The van der Waals surface area contributed by atoms with Crippen LogP contribution in [0, 0.1) is 16.7 Å². The van der Waals surface area contributed by atoms with Gasteiger partial charge in [0, 0.05) is 28.4 Å². The van der Waals surface area contributed by atoms with Gasteiger partial charge in [0.2, 0.25) is 0 Å². The van der Waals surface area contributed by atoms with Crippen LogP contribution >= 0.6 is 0 Å². The second-order valence-electron chi connectivity index (χ2n) is 6.04. The van der Waals surface area contributed by atoms with Crippen molar-refractivity contribution < 1.29 is 5.11 Å². The number of anilines is 1. The topological polar surface area (TPSA) is 56.0 Å². The van der Waals surface area contributed by atoms with Crippen LogP contribution in [0.15, 0.2) is 36.4 Å². The number of hydrogen-bond donors (Lipinski definition) is 2. The molecule has 3 nitrogen and oxygen atoms in total. The van der Waals surface area contributed by atoms with E-state index in [1.165, 1.54) is 12.8 Å². The maximum atomic E-state index is 9.71. The second kappa shape index (κ2) is 5.75. The highest BCUT2D eigenvalue weighted by Crippen LogP contribution is 2.38. The van der Waals surface area contributed by atoms with E-state index in [0.717, 1.165) is 35.8 Å². The summed E-state index contributed by atoms with van der Waals surface area (Å²) in [7, 11) is 0. The van der Waals surface area contributed by atoms with Gasteiger partial charge in [0.05, 0.1) is 18.2 Å². The van der Waals surface area contributed by atoms with E-state index in [1.807, 2.05) is 36.4 Å². The molecule has 0 amide bonds. The summed E-state index contributed by atoms with van der Waals surface area (Å²) < 4.78 is 0. The van der Waals surface area contributed by atoms with Gasteiger partial charge in [-0.1, -0.05) is 37.1 Å². The van der Waals surface area contributed by atoms with E-state index in [1.54, 1.807) is 0 Å². The first-order valence-electron chi connectivity index (χ1n) is 7.55. The van der Waals surface area contributed by atoms with E-state index in [0.29, 0.717) is 5.56 Å². The van der Waals surface area contributed by atoms with Gasteiger partial charge in [0.25, 0.3) is 0 Å². The molecule has 3 heteroatoms. The SMILES string of the molecule is N#Cc1ccc(NCC2(CO)CCCC2)c2ccccc12. The summed E-state index contributed by atoms with van der Waals surface area (Å²) in [6.07, 6.45) is 4.59. The minimum Gasteiger partial charge on any atom is -0.396 e. The van der Waals surface area contributed by atoms with Crippen molar-refractivity contribution in [2.24, 2.45) is 5.41 Å². The van der Waals surface area contributed by atoms with Crippen molar-refractivity contribution in [3.63, 3.8) is 0 Å². The standard InChI is InChI=1S/C18H20N2O/c19-11-14-7-8-17(16-6-2-1-5-15(14)16)20-12-18(13-21)9-3-4-10-18/h1-2,5-8,20-21H,3-4,9-10,12-13H2. The number of benzene rings is 2. The minimum atomic E-state index is 0.0228. The van der Waals surface area contributed by atoms with Gasteiger partial charge in [0.1, 0.15) is 0 Å². The van der Waals surface area contributed by atoms with Gasteiger partial charge in [-0.15, -0.1) is 0 Å². The Labute approximate surface area is 125 Å². The lowest BCUT2D eigenvalue weighted by atomic mass is 9.87. The summed E-state index contributed by atoms with van der Waals surface area (Å²) in [5.74, 6) is 0. The fourth-order valence-corrected chi connectivity index (χ4v) is 3.35. The molecule has 2 aromatic rings. The van der Waals surface area contributed by atoms with Crippen LogP contribution in [0.1, 0.15) is 31.2 Å². The second-order valence-corrected chi connectivity index (χ2v) is 6.04. The Morgan fingerprint density at radius 3 is 2.48 bits per heavy atom. The van der Waals surface area contributed by atoms with Gasteiger partial charge in [-0.2, -0.15) is 5.26 Å². The van der Waals surface area contributed by atoms with Gasteiger partial charge in [-0.25, -0.2) is 0 Å². The maximum absolute atomic E-state index is 9.71. The molecule has 108 valence electrons. The molecule has 2 N–H and O–H groups in total. The number of nitrogens with one attached hydrogen (secondary N) is 1. The van der Waals surface area contributed by atoms with E-state index in [-0.39, 0.29) is 12.0 Å². The van der Waals surface area contributed by atoms with Crippen molar-refractivity contribution in [2.45, 2.75) is 25.7 Å². The summed E-state index contributed by atoms with van der Waals surface area (Å²) in [5, 5.41) is 24.5. The van der Waals surface area contributed by atoms with Gasteiger partial charge >= 0.3 is 0 Å². The van der Waals surface area contributed by atoms with E-state index >= 15 is 0 Å². The van der Waals surface area contributed by atoms with E-state index < -0.39 is 0 Å². The summed E-state index contributed by atoms with van der Waals surface area (Å²) >= 11 is 0. The quantitative estimate of drug-likeness (QED) is 0.898. The van der Waals surface area contributed by atoms with Gasteiger partial charge < -0.3 is 10.4 Å². The first-order valence-corrected chi connectivity index (χ1v) is 7.55. The first-order chi connectivity index (χ1) is 10.3. The normalized spacial score (nSPS) is 16.8. The smallest absolute Gasteiger partial charge is 0.0998 e. The molecule has 0 heterocycles. The van der Waals surface area contributed by atoms with Crippen molar-refractivity contribution in [3.05, 3.63) is 42.0 Å². The van der Waals surface area contributed by atoms with E-state index in [9.17, 15) is 10.4 Å². The van der Waals surface area contributed by atoms with E-state index in [4.69, 9.17) is 0 Å². The van der Waals surface area contributed by atoms with Crippen molar-refractivity contribution in [3.8, 4) is 6.07 Å². The van der Waals surface area contributed by atoms with Crippen molar-refractivity contribution in [2.75, 3.05) is 18.5 Å². The molecule has 1 saturated carbocycles. The predicted molar refractivity (Wildman–Crippen MR) is 85.1 cm³/mol. The molecular formula is C18H20N2O. The number of hydrogen-bond acceptors (Lipinski definition) is 3. The lowest BCUT2D eigenvalue weighted by Gasteiger charge is -2.27. The summed E-state index contributed by atoms with van der Waals surface area (Å²) in [6.45, 7) is 1.04. The molecule has 0 aliphatic heterocycles. The maximum Gasteiger partial charge on any atom is 0.0998 e.